The molecular weight excluding hydrogens is 929 g/mol. The van der Waals surface area contributed by atoms with Crippen LogP contribution in [0.15, 0.2) is 76.5 Å². The fourth-order valence-electron chi connectivity index (χ4n) is 6.70. The predicted molar refractivity (Wildman–Crippen MR) is 266 cm³/mol. The van der Waals surface area contributed by atoms with Crippen LogP contribution in [0.2, 0.25) is 0 Å². The number of quaternary nitrogens is 1. The molecule has 0 bridgehead atoms. The monoisotopic (exact) mass is 1010 g/mol. The molecule has 1 unspecified atom stereocenters. The van der Waals surface area contributed by atoms with Crippen LogP contribution in [0.5, 0.6) is 11.5 Å². The standard InChI is InChI=1S/C34H42N2O14P2.C16H36N/c1-22-18-36(32(40)35-29(22)37)28-17-16-27(47-28)21-44-51(41,42)50-52(43,45-19-23-8-12-25(13-9-23)48-30(38)33(2,3)4)46-20-24-10-14-26(15-11-24)49-31(39)34(5,6)7;1-5-9-13-17(14-10-6-2,15-11-7-3)16-12-8-4/h8-18,27-28H,19-21H2,1-7H3,(H,41,42)(H,35,37,40);5-16H2,1-4H3/q;+1/t27-,28+;/m0./s1. The number of hydrogen-bond acceptors (Lipinski definition) is 13. The summed E-state index contributed by atoms with van der Waals surface area (Å²) in [5.74, 6) is -0.377. The lowest BCUT2D eigenvalue weighted by atomic mass is 9.97. The van der Waals surface area contributed by atoms with Crippen molar-refractivity contribution in [3.8, 4) is 11.5 Å². The summed E-state index contributed by atoms with van der Waals surface area (Å²) in [5.41, 5.74) is -1.63. The molecule has 2 aromatic carbocycles. The number of ether oxygens (including phenoxy) is 3. The van der Waals surface area contributed by atoms with Gasteiger partial charge in [-0.25, -0.2) is 13.9 Å². The van der Waals surface area contributed by atoms with Crippen LogP contribution in [-0.2, 0) is 54.6 Å². The highest BCUT2D eigenvalue weighted by atomic mass is 31.3. The topological polar surface area (TPSA) is 208 Å². The first kappa shape index (κ1) is 59.3. The maximum Gasteiger partial charge on any atom is 0.484 e. The number of phosphoric acid groups is 2. The van der Waals surface area contributed by atoms with Crippen LogP contribution < -0.4 is 20.7 Å². The van der Waals surface area contributed by atoms with Crippen LogP contribution >= 0.6 is 15.6 Å². The van der Waals surface area contributed by atoms with Gasteiger partial charge in [-0.05, 0) is 116 Å². The molecule has 2 heterocycles. The van der Waals surface area contributed by atoms with Gasteiger partial charge in [0.1, 0.15) is 17.6 Å². The molecule has 0 radical (unpaired) electrons. The van der Waals surface area contributed by atoms with Gasteiger partial charge < -0.3 is 23.6 Å². The van der Waals surface area contributed by atoms with Crippen molar-refractivity contribution in [1.29, 1.82) is 0 Å². The van der Waals surface area contributed by atoms with Crippen LogP contribution in [0.3, 0.4) is 0 Å². The van der Waals surface area contributed by atoms with Crippen molar-refractivity contribution in [2.75, 3.05) is 32.8 Å². The molecule has 1 aliphatic heterocycles. The Morgan fingerprint density at radius 2 is 1.12 bits per heavy atom. The summed E-state index contributed by atoms with van der Waals surface area (Å²) < 4.78 is 66.8. The van der Waals surface area contributed by atoms with Gasteiger partial charge in [-0.2, -0.15) is 4.31 Å². The Labute approximate surface area is 408 Å². The predicted octanol–water partition coefficient (Wildman–Crippen LogP) is 10.9. The Balaban J connectivity index is 0.000000629. The SMILES string of the molecule is CCCC[N+](CCCC)(CCCC)CCCC.Cc1cn([C@H]2C=C[C@@H](COP(=O)(O)OP(=O)(OCc3ccc(OC(=O)C(C)(C)C)cc3)OCc3ccc(OC(=O)C(C)(C)C)cc3)O2)c(=O)[nH]c1=O. The highest BCUT2D eigenvalue weighted by Crippen LogP contribution is 2.64. The van der Waals surface area contributed by atoms with Crippen LogP contribution in [0.25, 0.3) is 0 Å². The molecule has 2 N–H and O–H groups in total. The van der Waals surface area contributed by atoms with Crippen LogP contribution in [0.1, 0.15) is 144 Å². The molecule has 0 amide bonds. The number of aryl methyl sites for hydroxylation is 1. The molecule has 3 aromatic rings. The third-order valence-electron chi connectivity index (χ3n) is 11.0. The number of nitrogens with zero attached hydrogens (tertiary/aromatic N) is 2. The number of H-pyrrole nitrogens is 1. The largest absolute Gasteiger partial charge is 0.484 e. The number of unbranched alkanes of at least 4 members (excludes halogenated alkanes) is 4. The molecule has 0 aliphatic carbocycles. The second-order valence-electron chi connectivity index (χ2n) is 19.5. The van der Waals surface area contributed by atoms with E-state index in [2.05, 4.69) is 32.7 Å². The second-order valence-corrected chi connectivity index (χ2v) is 22.7. The zero-order valence-corrected chi connectivity index (χ0v) is 44.4. The van der Waals surface area contributed by atoms with Crippen molar-refractivity contribution in [2.24, 2.45) is 10.8 Å². The molecule has 1 aliphatic rings. The molecule has 3 atom stereocenters. The number of aromatic amines is 1. The van der Waals surface area contributed by atoms with Gasteiger partial charge in [0.05, 0.1) is 56.8 Å². The van der Waals surface area contributed by atoms with E-state index in [0.717, 1.165) is 4.57 Å². The molecule has 1 aromatic heterocycles. The normalized spacial score (nSPS) is 16.1. The maximum absolute atomic E-state index is 13.8. The van der Waals surface area contributed by atoms with Gasteiger partial charge in [0.2, 0.25) is 0 Å². The summed E-state index contributed by atoms with van der Waals surface area (Å²) in [6.45, 7) is 25.4. The summed E-state index contributed by atoms with van der Waals surface area (Å²) >= 11 is 0. The molecule has 4 rings (SSSR count). The summed E-state index contributed by atoms with van der Waals surface area (Å²) in [4.78, 5) is 61.1. The van der Waals surface area contributed by atoms with E-state index < -0.39 is 81.8 Å². The number of benzene rings is 2. The molecule has 0 spiro atoms. The molecule has 69 heavy (non-hydrogen) atoms. The van der Waals surface area contributed by atoms with E-state index in [1.807, 2.05) is 0 Å². The highest BCUT2D eigenvalue weighted by molar-refractivity contribution is 7.61. The Morgan fingerprint density at radius 3 is 1.51 bits per heavy atom. The number of carbonyl (C=O) groups excluding carboxylic acids is 2. The summed E-state index contributed by atoms with van der Waals surface area (Å²) in [6.07, 6.45) is 13.4. The molecule has 19 heteroatoms. The number of esters is 2. The van der Waals surface area contributed by atoms with E-state index in [-0.39, 0.29) is 17.1 Å². The summed E-state index contributed by atoms with van der Waals surface area (Å²) in [5, 5.41) is 0. The van der Waals surface area contributed by atoms with Crippen molar-refractivity contribution < 1.29 is 60.2 Å². The van der Waals surface area contributed by atoms with Gasteiger partial charge >= 0.3 is 33.3 Å². The smallest absolute Gasteiger partial charge is 0.426 e. The molecule has 0 saturated heterocycles. The average molecular weight is 1010 g/mol. The van der Waals surface area contributed by atoms with E-state index >= 15 is 0 Å². The first-order valence-electron chi connectivity index (χ1n) is 24.1. The van der Waals surface area contributed by atoms with Crippen molar-refractivity contribution in [3.05, 3.63) is 104 Å². The molecule has 0 saturated carbocycles. The van der Waals surface area contributed by atoms with E-state index in [9.17, 15) is 33.2 Å². The quantitative estimate of drug-likeness (QED) is 0.0252. The van der Waals surface area contributed by atoms with Crippen molar-refractivity contribution >= 4 is 27.6 Å². The lowest BCUT2D eigenvalue weighted by Gasteiger charge is -2.39. The zero-order valence-electron chi connectivity index (χ0n) is 42.7. The van der Waals surface area contributed by atoms with Crippen LogP contribution in [0.4, 0.5) is 0 Å². The van der Waals surface area contributed by atoms with E-state index in [1.165, 1.54) is 156 Å². The van der Waals surface area contributed by atoms with Gasteiger partial charge in [-0.15, -0.1) is 0 Å². The van der Waals surface area contributed by atoms with Crippen LogP contribution in [-0.4, -0.2) is 69.8 Å². The third-order valence-corrected chi connectivity index (χ3v) is 14.0. The Bertz CT molecular complexity index is 2200. The van der Waals surface area contributed by atoms with E-state index in [1.54, 1.807) is 41.5 Å². The molecule has 17 nitrogen and oxygen atoms in total. The van der Waals surface area contributed by atoms with Gasteiger partial charge in [0.25, 0.3) is 5.56 Å². The van der Waals surface area contributed by atoms with Gasteiger partial charge in [0, 0.05) is 11.8 Å². The first-order valence-corrected chi connectivity index (χ1v) is 27.0. The Morgan fingerprint density at radius 1 is 0.696 bits per heavy atom. The average Bonchev–Trinajstić information content (AvgIpc) is 3.77. The second kappa shape index (κ2) is 27.5. The number of rotatable bonds is 26. The Kier molecular flexibility index (Phi) is 23.7. The minimum atomic E-state index is -5.16. The zero-order chi connectivity index (χ0) is 51.5. The number of aromatic nitrogens is 2. The van der Waals surface area contributed by atoms with Crippen LogP contribution in [0, 0.1) is 17.8 Å². The van der Waals surface area contributed by atoms with E-state index in [0.29, 0.717) is 11.1 Å². The highest BCUT2D eigenvalue weighted by Gasteiger charge is 2.40. The number of phosphoric ester groups is 2. The lowest BCUT2D eigenvalue weighted by Crippen LogP contribution is -2.50. The van der Waals surface area contributed by atoms with E-state index in [4.69, 9.17) is 32.1 Å². The first-order chi connectivity index (χ1) is 32.4. The van der Waals surface area contributed by atoms with Crippen molar-refractivity contribution in [1.82, 2.24) is 9.55 Å². The number of hydrogen-bond donors (Lipinski definition) is 2. The van der Waals surface area contributed by atoms with Gasteiger partial charge in [0.15, 0.2) is 6.23 Å². The third kappa shape index (κ3) is 20.7. The van der Waals surface area contributed by atoms with Gasteiger partial charge in [-0.1, -0.05) is 83.7 Å². The molecule has 386 valence electrons. The van der Waals surface area contributed by atoms with Gasteiger partial charge in [-0.3, -0.25) is 37.5 Å². The summed E-state index contributed by atoms with van der Waals surface area (Å²) in [6, 6.07) is 12.1. The maximum atomic E-state index is 13.8. The number of carbonyl (C=O) groups is 2. The molecule has 0 fully saturated rings. The minimum absolute atomic E-state index is 0.259. The minimum Gasteiger partial charge on any atom is -0.426 e. The Hall–Kier alpha value is -4.02. The van der Waals surface area contributed by atoms with Crippen molar-refractivity contribution in [2.45, 2.75) is 153 Å². The fraction of sp³-hybridized carbons (Fsp3) is 0.600. The molecular formula is C50H78N3O14P2+. The lowest BCUT2D eigenvalue weighted by molar-refractivity contribution is -0.929. The fourth-order valence-corrected chi connectivity index (χ4v) is 9.30. The summed E-state index contributed by atoms with van der Waals surface area (Å²) in [7, 11) is -10.0. The number of nitrogens with one attached hydrogen (secondary N) is 1. The van der Waals surface area contributed by atoms with Crippen molar-refractivity contribution in [3.63, 3.8) is 0 Å².